The first kappa shape index (κ1) is 15.9. The van der Waals surface area contributed by atoms with Gasteiger partial charge in [0, 0.05) is 32.2 Å². The van der Waals surface area contributed by atoms with Crippen molar-refractivity contribution in [2.24, 2.45) is 0 Å². The van der Waals surface area contributed by atoms with Crippen LogP contribution >= 0.6 is 0 Å². The summed E-state index contributed by atoms with van der Waals surface area (Å²) in [6.45, 7) is 12.7. The van der Waals surface area contributed by atoms with Crippen LogP contribution in [-0.4, -0.2) is 59.8 Å². The van der Waals surface area contributed by atoms with E-state index < -0.39 is 0 Å². The SMILES string of the molecule is CCCC[C@@H](O)CCCN1CCN(C(C)C)CC1. The van der Waals surface area contributed by atoms with Gasteiger partial charge in [0.25, 0.3) is 0 Å². The molecule has 0 saturated carbocycles. The molecule has 1 fully saturated rings. The molecule has 0 radical (unpaired) electrons. The third-order valence-electron chi connectivity index (χ3n) is 4.04. The minimum atomic E-state index is -0.0677. The predicted octanol–water partition coefficient (Wildman–Crippen LogP) is 2.34. The summed E-state index contributed by atoms with van der Waals surface area (Å²) >= 11 is 0. The first-order valence-electron chi connectivity index (χ1n) is 7.78. The topological polar surface area (TPSA) is 26.7 Å². The Morgan fingerprint density at radius 2 is 1.61 bits per heavy atom. The highest BCUT2D eigenvalue weighted by Crippen LogP contribution is 2.10. The lowest BCUT2D eigenvalue weighted by Gasteiger charge is -2.37. The molecule has 0 aromatic carbocycles. The molecule has 0 aliphatic carbocycles. The van der Waals surface area contributed by atoms with Crippen molar-refractivity contribution in [1.82, 2.24) is 9.80 Å². The number of nitrogens with zero attached hydrogens (tertiary/aromatic N) is 2. The van der Waals surface area contributed by atoms with Crippen LogP contribution < -0.4 is 0 Å². The van der Waals surface area contributed by atoms with Gasteiger partial charge in [-0.1, -0.05) is 19.8 Å². The lowest BCUT2D eigenvalue weighted by molar-refractivity contribution is 0.0986. The Morgan fingerprint density at radius 3 is 2.17 bits per heavy atom. The van der Waals surface area contributed by atoms with Crippen molar-refractivity contribution in [3.05, 3.63) is 0 Å². The van der Waals surface area contributed by atoms with Crippen LogP contribution in [0.4, 0.5) is 0 Å². The minimum absolute atomic E-state index is 0.0677. The Kier molecular flexibility index (Phi) is 7.87. The highest BCUT2D eigenvalue weighted by atomic mass is 16.3. The normalized spacial score (nSPS) is 20.5. The van der Waals surface area contributed by atoms with Crippen LogP contribution in [0.5, 0.6) is 0 Å². The Labute approximate surface area is 113 Å². The van der Waals surface area contributed by atoms with Gasteiger partial charge in [-0.25, -0.2) is 0 Å². The van der Waals surface area contributed by atoms with Crippen LogP contribution in [0.3, 0.4) is 0 Å². The van der Waals surface area contributed by atoms with Crippen molar-refractivity contribution in [3.8, 4) is 0 Å². The zero-order valence-electron chi connectivity index (χ0n) is 12.6. The summed E-state index contributed by atoms with van der Waals surface area (Å²) in [5.41, 5.74) is 0. The highest BCUT2D eigenvalue weighted by Gasteiger charge is 2.18. The minimum Gasteiger partial charge on any atom is -0.393 e. The summed E-state index contributed by atoms with van der Waals surface area (Å²) < 4.78 is 0. The van der Waals surface area contributed by atoms with Crippen molar-refractivity contribution < 1.29 is 5.11 Å². The fourth-order valence-electron chi connectivity index (χ4n) is 2.64. The van der Waals surface area contributed by atoms with Gasteiger partial charge in [-0.15, -0.1) is 0 Å². The number of piperazine rings is 1. The van der Waals surface area contributed by atoms with Gasteiger partial charge in [-0.3, -0.25) is 4.90 Å². The van der Waals surface area contributed by atoms with Gasteiger partial charge >= 0.3 is 0 Å². The van der Waals surface area contributed by atoms with Crippen molar-refractivity contribution in [2.75, 3.05) is 32.7 Å². The molecule has 1 atom stereocenters. The number of aliphatic hydroxyl groups is 1. The fourth-order valence-corrected chi connectivity index (χ4v) is 2.64. The zero-order valence-corrected chi connectivity index (χ0v) is 12.6. The van der Waals surface area contributed by atoms with E-state index in [-0.39, 0.29) is 6.10 Å². The maximum atomic E-state index is 9.80. The molecule has 0 unspecified atom stereocenters. The van der Waals surface area contributed by atoms with Crippen molar-refractivity contribution in [1.29, 1.82) is 0 Å². The summed E-state index contributed by atoms with van der Waals surface area (Å²) in [6.07, 6.45) is 5.39. The average Bonchev–Trinajstić information content (AvgIpc) is 2.37. The van der Waals surface area contributed by atoms with Crippen LogP contribution in [0.1, 0.15) is 52.9 Å². The molecule has 1 saturated heterocycles. The number of unbranched alkanes of at least 4 members (excludes halogenated alkanes) is 1. The second-order valence-corrected chi connectivity index (χ2v) is 5.91. The highest BCUT2D eigenvalue weighted by molar-refractivity contribution is 4.74. The second-order valence-electron chi connectivity index (χ2n) is 5.91. The summed E-state index contributed by atoms with van der Waals surface area (Å²) in [5, 5.41) is 9.80. The maximum absolute atomic E-state index is 9.80. The van der Waals surface area contributed by atoms with Gasteiger partial charge < -0.3 is 10.0 Å². The second kappa shape index (κ2) is 8.89. The van der Waals surface area contributed by atoms with Crippen molar-refractivity contribution in [3.63, 3.8) is 0 Å². The van der Waals surface area contributed by atoms with E-state index in [4.69, 9.17) is 0 Å². The summed E-state index contributed by atoms with van der Waals surface area (Å²) in [6, 6.07) is 0.683. The van der Waals surface area contributed by atoms with E-state index in [0.717, 1.165) is 32.2 Å². The predicted molar refractivity (Wildman–Crippen MR) is 77.9 cm³/mol. The van der Waals surface area contributed by atoms with E-state index in [0.29, 0.717) is 6.04 Å². The van der Waals surface area contributed by atoms with E-state index >= 15 is 0 Å². The lowest BCUT2D eigenvalue weighted by atomic mass is 10.1. The monoisotopic (exact) mass is 256 g/mol. The average molecular weight is 256 g/mol. The molecule has 1 heterocycles. The largest absolute Gasteiger partial charge is 0.393 e. The van der Waals surface area contributed by atoms with Crippen LogP contribution in [0.25, 0.3) is 0 Å². The third kappa shape index (κ3) is 6.17. The standard InChI is InChI=1S/C15H32N2O/c1-4-5-7-15(18)8-6-9-16-10-12-17(13-11-16)14(2)3/h14-15,18H,4-13H2,1-3H3/t15-/m1/s1. The van der Waals surface area contributed by atoms with Gasteiger partial charge in [-0.2, -0.15) is 0 Å². The maximum Gasteiger partial charge on any atom is 0.0540 e. The first-order chi connectivity index (χ1) is 8.63. The van der Waals surface area contributed by atoms with E-state index in [1.54, 1.807) is 0 Å². The Hall–Kier alpha value is -0.120. The lowest BCUT2D eigenvalue weighted by Crippen LogP contribution is -2.48. The summed E-state index contributed by atoms with van der Waals surface area (Å²) in [7, 11) is 0. The van der Waals surface area contributed by atoms with Crippen LogP contribution in [0.2, 0.25) is 0 Å². The molecule has 108 valence electrons. The van der Waals surface area contributed by atoms with Crippen molar-refractivity contribution >= 4 is 0 Å². The van der Waals surface area contributed by atoms with E-state index in [1.807, 2.05) is 0 Å². The molecule has 3 nitrogen and oxygen atoms in total. The van der Waals surface area contributed by atoms with E-state index in [9.17, 15) is 5.11 Å². The molecule has 0 aromatic heterocycles. The summed E-state index contributed by atoms with van der Waals surface area (Å²) in [5.74, 6) is 0. The van der Waals surface area contributed by atoms with E-state index in [1.165, 1.54) is 32.6 Å². The third-order valence-corrected chi connectivity index (χ3v) is 4.04. The molecule has 0 amide bonds. The van der Waals surface area contributed by atoms with Gasteiger partial charge in [0.1, 0.15) is 0 Å². The Balaban J connectivity index is 2.04. The molecule has 1 rings (SSSR count). The number of hydrogen-bond acceptors (Lipinski definition) is 3. The summed E-state index contributed by atoms with van der Waals surface area (Å²) in [4.78, 5) is 5.10. The smallest absolute Gasteiger partial charge is 0.0540 e. The number of hydrogen-bond donors (Lipinski definition) is 1. The fraction of sp³-hybridized carbons (Fsp3) is 1.00. The van der Waals surface area contributed by atoms with Crippen LogP contribution in [-0.2, 0) is 0 Å². The Morgan fingerprint density at radius 1 is 1.00 bits per heavy atom. The number of aliphatic hydroxyl groups excluding tert-OH is 1. The van der Waals surface area contributed by atoms with Gasteiger partial charge in [0.15, 0.2) is 0 Å². The molecule has 1 aliphatic rings. The van der Waals surface area contributed by atoms with Gasteiger partial charge in [-0.05, 0) is 39.7 Å². The quantitative estimate of drug-likeness (QED) is 0.722. The van der Waals surface area contributed by atoms with Crippen molar-refractivity contribution in [2.45, 2.75) is 65.0 Å². The first-order valence-corrected chi connectivity index (χ1v) is 7.78. The molecule has 3 heteroatoms. The molecule has 0 aromatic rings. The molecular weight excluding hydrogens is 224 g/mol. The molecule has 1 aliphatic heterocycles. The van der Waals surface area contributed by atoms with Gasteiger partial charge in [0.05, 0.1) is 6.10 Å². The van der Waals surface area contributed by atoms with E-state index in [2.05, 4.69) is 30.6 Å². The van der Waals surface area contributed by atoms with Gasteiger partial charge in [0.2, 0.25) is 0 Å². The van der Waals surface area contributed by atoms with Crippen LogP contribution in [0.15, 0.2) is 0 Å². The molecule has 0 bridgehead atoms. The zero-order chi connectivity index (χ0) is 13.4. The molecule has 0 spiro atoms. The van der Waals surface area contributed by atoms with Crippen LogP contribution in [0, 0.1) is 0 Å². The molecule has 1 N–H and O–H groups in total. The molecular formula is C15H32N2O. The molecule has 18 heavy (non-hydrogen) atoms. The number of rotatable bonds is 8. The Bertz CT molecular complexity index is 201.